The van der Waals surface area contributed by atoms with E-state index in [0.29, 0.717) is 13.2 Å². The summed E-state index contributed by atoms with van der Waals surface area (Å²) in [6.45, 7) is 6.34. The molecule has 0 saturated heterocycles. The quantitative estimate of drug-likeness (QED) is 0.234. The zero-order valence-electron chi connectivity index (χ0n) is 15.5. The van der Waals surface area contributed by atoms with E-state index in [0.717, 1.165) is 25.3 Å². The molecular formula is C19H25INO3PS. The highest BCUT2D eigenvalue weighted by atomic mass is 127. The van der Waals surface area contributed by atoms with Crippen molar-refractivity contribution in [2.75, 3.05) is 24.8 Å². The Morgan fingerprint density at radius 2 is 1.73 bits per heavy atom. The third-order valence-electron chi connectivity index (χ3n) is 3.85. The molecule has 0 fully saturated rings. The van der Waals surface area contributed by atoms with Gasteiger partial charge in [0.25, 0.3) is 0 Å². The van der Waals surface area contributed by atoms with E-state index < -0.39 is 13.4 Å². The molecule has 1 unspecified atom stereocenters. The minimum absolute atomic E-state index is 0.323. The first-order valence-electron chi connectivity index (χ1n) is 8.49. The second-order valence-electron chi connectivity index (χ2n) is 5.65. The lowest BCUT2D eigenvalue weighted by Gasteiger charge is -2.29. The number of hydrogen-bond donors (Lipinski definition) is 1. The van der Waals surface area contributed by atoms with Gasteiger partial charge in [-0.25, -0.2) is 0 Å². The van der Waals surface area contributed by atoms with Crippen LogP contribution in [0.25, 0.3) is 0 Å². The van der Waals surface area contributed by atoms with Gasteiger partial charge in [-0.3, -0.25) is 4.57 Å². The first-order chi connectivity index (χ1) is 12.4. The molecule has 1 atom stereocenters. The van der Waals surface area contributed by atoms with Crippen molar-refractivity contribution in [3.05, 3.63) is 57.2 Å². The lowest BCUT2D eigenvalue weighted by Crippen LogP contribution is -2.16. The van der Waals surface area contributed by atoms with Gasteiger partial charge in [-0.1, -0.05) is 12.1 Å². The molecule has 0 saturated carbocycles. The number of nitrogens with one attached hydrogen (secondary N) is 1. The normalized spacial score (nSPS) is 12.8. The maximum atomic E-state index is 13.5. The highest BCUT2D eigenvalue weighted by Gasteiger charge is 2.37. The summed E-state index contributed by atoms with van der Waals surface area (Å²) in [4.78, 5) is 1.15. The van der Waals surface area contributed by atoms with Crippen LogP contribution < -0.4 is 5.32 Å². The van der Waals surface area contributed by atoms with Crippen LogP contribution >= 0.6 is 41.9 Å². The van der Waals surface area contributed by atoms with Crippen molar-refractivity contribution in [1.82, 2.24) is 0 Å². The van der Waals surface area contributed by atoms with Gasteiger partial charge in [-0.15, -0.1) is 11.8 Å². The van der Waals surface area contributed by atoms with Crippen LogP contribution in [0, 0.1) is 10.5 Å². The third kappa shape index (κ3) is 5.49. The van der Waals surface area contributed by atoms with E-state index in [4.69, 9.17) is 9.05 Å². The Balaban J connectivity index is 2.47. The molecular weight excluding hydrogens is 480 g/mol. The van der Waals surface area contributed by atoms with E-state index in [1.165, 1.54) is 0 Å². The zero-order chi connectivity index (χ0) is 19.2. The van der Waals surface area contributed by atoms with Gasteiger partial charge in [0.05, 0.1) is 13.2 Å². The van der Waals surface area contributed by atoms with Crippen LogP contribution in [-0.4, -0.2) is 19.5 Å². The van der Waals surface area contributed by atoms with Crippen LogP contribution in [0.1, 0.15) is 30.8 Å². The fraction of sp³-hybridized carbons (Fsp3) is 0.368. The molecule has 7 heteroatoms. The molecule has 0 aromatic heterocycles. The molecule has 2 aromatic rings. The first kappa shape index (κ1) is 21.8. The van der Waals surface area contributed by atoms with Gasteiger partial charge in [0.2, 0.25) is 0 Å². The lowest BCUT2D eigenvalue weighted by molar-refractivity contribution is 0.214. The van der Waals surface area contributed by atoms with E-state index in [1.807, 2.05) is 63.4 Å². The van der Waals surface area contributed by atoms with Crippen LogP contribution in [0.15, 0.2) is 47.4 Å². The summed E-state index contributed by atoms with van der Waals surface area (Å²) < 4.78 is 26.0. The minimum Gasteiger partial charge on any atom is -0.368 e. The summed E-state index contributed by atoms with van der Waals surface area (Å²) in [5.74, 6) is -0.572. The van der Waals surface area contributed by atoms with E-state index in [-0.39, 0.29) is 0 Å². The molecule has 0 bridgehead atoms. The summed E-state index contributed by atoms with van der Waals surface area (Å²) >= 11 is 3.96. The average molecular weight is 505 g/mol. The second-order valence-corrected chi connectivity index (χ2v) is 9.89. The number of thioether (sulfide) groups is 1. The maximum Gasteiger partial charge on any atom is 0.357 e. The Labute approximate surface area is 174 Å². The standard InChI is InChI=1S/C19H25INO3PS/c1-5-23-25(22,24-6-2)19(15-7-10-17(26-4)11-8-15)21-18-12-9-16(20)13-14(18)3/h7-13,19,21H,5-6H2,1-4H3. The number of rotatable bonds is 9. The van der Waals surface area contributed by atoms with Crippen molar-refractivity contribution < 1.29 is 13.6 Å². The SMILES string of the molecule is CCOP(=O)(OCC)C(Nc1ccc(I)cc1C)c1ccc(SC)cc1. The predicted molar refractivity (Wildman–Crippen MR) is 119 cm³/mol. The molecule has 0 amide bonds. The van der Waals surface area contributed by atoms with Gasteiger partial charge >= 0.3 is 7.60 Å². The van der Waals surface area contributed by atoms with Crippen molar-refractivity contribution >= 4 is 47.6 Å². The number of hydrogen-bond acceptors (Lipinski definition) is 5. The largest absolute Gasteiger partial charge is 0.368 e. The summed E-state index contributed by atoms with van der Waals surface area (Å²) in [5, 5.41) is 3.42. The summed E-state index contributed by atoms with van der Waals surface area (Å²) in [5.41, 5.74) is 2.89. The third-order valence-corrected chi connectivity index (χ3v) is 7.56. The van der Waals surface area contributed by atoms with E-state index in [2.05, 4.69) is 34.0 Å². The monoisotopic (exact) mass is 505 g/mol. The number of aryl methyl sites for hydroxylation is 1. The molecule has 142 valence electrons. The van der Waals surface area contributed by atoms with Gasteiger partial charge in [-0.05, 0) is 91.1 Å². The molecule has 0 spiro atoms. The Morgan fingerprint density at radius 1 is 1.12 bits per heavy atom. The van der Waals surface area contributed by atoms with Crippen molar-refractivity contribution in [1.29, 1.82) is 0 Å². The number of benzene rings is 2. The summed E-state index contributed by atoms with van der Waals surface area (Å²) in [6, 6.07) is 14.1. The second kappa shape index (κ2) is 10.1. The topological polar surface area (TPSA) is 47.6 Å². The van der Waals surface area contributed by atoms with E-state index >= 15 is 0 Å². The zero-order valence-corrected chi connectivity index (χ0v) is 19.4. The van der Waals surface area contributed by atoms with Crippen LogP contribution in [0.5, 0.6) is 0 Å². The molecule has 2 aromatic carbocycles. The Hall–Kier alpha value is -0.530. The molecule has 0 aliphatic carbocycles. The van der Waals surface area contributed by atoms with E-state index in [9.17, 15) is 4.57 Å². The fourth-order valence-corrected chi connectivity index (χ4v) is 5.60. The summed E-state index contributed by atoms with van der Waals surface area (Å²) in [7, 11) is -3.39. The molecule has 26 heavy (non-hydrogen) atoms. The Morgan fingerprint density at radius 3 is 2.23 bits per heavy atom. The molecule has 2 rings (SSSR count). The highest BCUT2D eigenvalue weighted by Crippen LogP contribution is 2.61. The number of anilines is 1. The highest BCUT2D eigenvalue weighted by molar-refractivity contribution is 14.1. The smallest absolute Gasteiger partial charge is 0.357 e. The predicted octanol–water partition coefficient (Wildman–Crippen LogP) is 6.70. The molecule has 1 N–H and O–H groups in total. The van der Waals surface area contributed by atoms with Gasteiger partial charge in [-0.2, -0.15) is 0 Å². The fourth-order valence-electron chi connectivity index (χ4n) is 2.61. The van der Waals surface area contributed by atoms with Crippen LogP contribution in [0.3, 0.4) is 0 Å². The van der Waals surface area contributed by atoms with Gasteiger partial charge in [0.1, 0.15) is 0 Å². The van der Waals surface area contributed by atoms with Crippen LogP contribution in [0.4, 0.5) is 5.69 Å². The number of halogens is 1. The van der Waals surface area contributed by atoms with Crippen molar-refractivity contribution in [3.8, 4) is 0 Å². The van der Waals surface area contributed by atoms with Crippen LogP contribution in [0.2, 0.25) is 0 Å². The van der Waals surface area contributed by atoms with Gasteiger partial charge < -0.3 is 14.4 Å². The van der Waals surface area contributed by atoms with Gasteiger partial charge in [0, 0.05) is 14.2 Å². The first-order valence-corrected chi connectivity index (χ1v) is 12.4. The van der Waals surface area contributed by atoms with Crippen LogP contribution in [-0.2, 0) is 13.6 Å². The maximum absolute atomic E-state index is 13.5. The van der Waals surface area contributed by atoms with Crippen molar-refractivity contribution in [3.63, 3.8) is 0 Å². The molecule has 0 aliphatic heterocycles. The van der Waals surface area contributed by atoms with E-state index in [1.54, 1.807) is 11.8 Å². The Bertz CT molecular complexity index is 760. The average Bonchev–Trinajstić information content (AvgIpc) is 2.61. The summed E-state index contributed by atoms with van der Waals surface area (Å²) in [6.07, 6.45) is 2.03. The van der Waals surface area contributed by atoms with Crippen molar-refractivity contribution in [2.45, 2.75) is 31.4 Å². The molecule has 0 radical (unpaired) electrons. The molecule has 0 aliphatic rings. The Kier molecular flexibility index (Phi) is 8.48. The lowest BCUT2D eigenvalue weighted by atomic mass is 10.1. The minimum atomic E-state index is -3.39. The van der Waals surface area contributed by atoms with Gasteiger partial charge in [0.15, 0.2) is 5.78 Å². The molecule has 0 heterocycles. The van der Waals surface area contributed by atoms with Crippen molar-refractivity contribution in [2.24, 2.45) is 0 Å². The molecule has 4 nitrogen and oxygen atoms in total.